The fraction of sp³-hybridized carbons (Fsp3) is 0.214. The van der Waals surface area contributed by atoms with Crippen LogP contribution in [-0.4, -0.2) is 49.1 Å². The van der Waals surface area contributed by atoms with Gasteiger partial charge in [-0.25, -0.2) is 0 Å². The molecular weight excluding hydrogens is 271 g/mol. The number of rotatable bonds is 1. The average molecular weight is 284 g/mol. The van der Waals surface area contributed by atoms with Gasteiger partial charge in [0, 0.05) is 11.7 Å². The van der Waals surface area contributed by atoms with E-state index in [2.05, 4.69) is 4.98 Å². The smallest absolute Gasteiger partial charge is 0.494 e. The second kappa shape index (κ2) is 5.53. The highest BCUT2D eigenvalue weighted by Crippen LogP contribution is 2.09. The van der Waals surface area contributed by atoms with Crippen LogP contribution in [0.5, 0.6) is 0 Å². The number of benzene rings is 1. The fourth-order valence-electron chi connectivity index (χ4n) is 2.19. The van der Waals surface area contributed by atoms with Crippen LogP contribution in [0.3, 0.4) is 0 Å². The molecule has 1 aromatic heterocycles. The number of hydrogen-bond acceptors (Lipinski definition) is 6. The van der Waals surface area contributed by atoms with Crippen LogP contribution in [0.4, 0.5) is 0 Å². The molecule has 106 valence electrons. The molecule has 7 heteroatoms. The number of hydrogen-bond donors (Lipinski definition) is 0. The molecule has 2 aromatic rings. The van der Waals surface area contributed by atoms with E-state index in [1.165, 1.54) is 0 Å². The van der Waals surface area contributed by atoms with E-state index >= 15 is 0 Å². The van der Waals surface area contributed by atoms with Crippen LogP contribution in [-0.2, 0) is 18.9 Å². The Hall–Kier alpha value is -2.41. The van der Waals surface area contributed by atoms with Gasteiger partial charge >= 0.3 is 19.1 Å². The van der Waals surface area contributed by atoms with E-state index in [1.807, 2.05) is 24.3 Å². The number of fused-ring (bicyclic) bond motifs is 1. The fourth-order valence-corrected chi connectivity index (χ4v) is 2.19. The molecule has 1 aliphatic heterocycles. The minimum absolute atomic E-state index is 0.0482. The number of aromatic nitrogens is 1. The molecule has 1 aromatic carbocycles. The monoisotopic (exact) mass is 284 g/mol. The average Bonchev–Trinajstić information content (AvgIpc) is 2.44. The van der Waals surface area contributed by atoms with E-state index in [9.17, 15) is 9.59 Å². The molecule has 2 heterocycles. The summed E-state index contributed by atoms with van der Waals surface area (Å²) in [5.74, 6) is -0.883. The lowest BCUT2D eigenvalue weighted by Gasteiger charge is -2.22. The Balaban J connectivity index is 1.91. The molecular formula is C14H13BN2O4. The Morgan fingerprint density at radius 2 is 1.81 bits per heavy atom. The third kappa shape index (κ3) is 3.03. The van der Waals surface area contributed by atoms with Gasteiger partial charge in [-0.2, -0.15) is 0 Å². The predicted molar refractivity (Wildman–Crippen MR) is 76.8 cm³/mol. The van der Waals surface area contributed by atoms with E-state index in [4.69, 9.17) is 9.31 Å². The first kappa shape index (κ1) is 13.6. The molecule has 0 spiro atoms. The van der Waals surface area contributed by atoms with E-state index < -0.39 is 19.1 Å². The molecule has 0 amide bonds. The van der Waals surface area contributed by atoms with Crippen LogP contribution in [0.2, 0.25) is 0 Å². The summed E-state index contributed by atoms with van der Waals surface area (Å²) in [6, 6.07) is 9.36. The van der Waals surface area contributed by atoms with Crippen LogP contribution >= 0.6 is 0 Å². The van der Waals surface area contributed by atoms with Gasteiger partial charge in [0.25, 0.3) is 0 Å². The molecule has 0 radical (unpaired) electrons. The van der Waals surface area contributed by atoms with Crippen molar-refractivity contribution in [3.8, 4) is 0 Å². The summed E-state index contributed by atoms with van der Waals surface area (Å²) in [7, 11) is 0.608. The minimum atomic E-state index is -1.05. The van der Waals surface area contributed by atoms with Crippen LogP contribution in [0.1, 0.15) is 0 Å². The van der Waals surface area contributed by atoms with Gasteiger partial charge in [0.1, 0.15) is 0 Å². The van der Waals surface area contributed by atoms with Crippen molar-refractivity contribution in [1.29, 1.82) is 0 Å². The van der Waals surface area contributed by atoms with Gasteiger partial charge in [0.2, 0.25) is 0 Å². The standard InChI is InChI=1S/C14H13BN2O4/c1-17-8-13(18)20-15(21-14(19)9-17)11-6-10-4-2-3-5-12(10)16-7-11/h2-7H,8-9H2,1H3. The molecule has 0 aliphatic carbocycles. The molecule has 0 atom stereocenters. The summed E-state index contributed by atoms with van der Waals surface area (Å²) in [5, 5.41) is 0.890. The SMILES string of the molecule is CN1CC(=O)OB(c2cnc3ccccc3c2)OC(=O)C1. The summed E-state index contributed by atoms with van der Waals surface area (Å²) in [6.07, 6.45) is 1.55. The van der Waals surface area contributed by atoms with Gasteiger partial charge in [-0.05, 0) is 24.6 Å². The van der Waals surface area contributed by atoms with Crippen molar-refractivity contribution in [2.75, 3.05) is 20.1 Å². The number of carbonyl (C=O) groups excluding carboxylic acids is 2. The van der Waals surface area contributed by atoms with Crippen LogP contribution in [0.25, 0.3) is 10.9 Å². The zero-order valence-electron chi connectivity index (χ0n) is 11.5. The summed E-state index contributed by atoms with van der Waals surface area (Å²) in [6.45, 7) is 0.0964. The van der Waals surface area contributed by atoms with E-state index in [-0.39, 0.29) is 13.1 Å². The van der Waals surface area contributed by atoms with Crippen LogP contribution in [0.15, 0.2) is 36.5 Å². The van der Waals surface area contributed by atoms with E-state index in [0.717, 1.165) is 10.9 Å². The van der Waals surface area contributed by atoms with Crippen molar-refractivity contribution >= 4 is 35.4 Å². The Labute approximate surface area is 121 Å². The van der Waals surface area contributed by atoms with Crippen molar-refractivity contribution in [2.45, 2.75) is 0 Å². The van der Waals surface area contributed by atoms with Gasteiger partial charge < -0.3 is 9.31 Å². The number of likely N-dealkylation sites (N-methyl/N-ethyl adjacent to an activating group) is 1. The summed E-state index contributed by atoms with van der Waals surface area (Å²) >= 11 is 0. The number of para-hydroxylation sites is 1. The molecule has 6 nitrogen and oxygen atoms in total. The first-order chi connectivity index (χ1) is 10.1. The number of carbonyl (C=O) groups is 2. The maximum absolute atomic E-state index is 11.7. The molecule has 21 heavy (non-hydrogen) atoms. The van der Waals surface area contributed by atoms with Gasteiger partial charge in [-0.3, -0.25) is 19.5 Å². The van der Waals surface area contributed by atoms with Gasteiger partial charge in [0.15, 0.2) is 0 Å². The molecule has 1 fully saturated rings. The maximum atomic E-state index is 11.7. The zero-order valence-corrected chi connectivity index (χ0v) is 11.5. The van der Waals surface area contributed by atoms with Crippen molar-refractivity contribution in [2.24, 2.45) is 0 Å². The Morgan fingerprint density at radius 3 is 2.52 bits per heavy atom. The number of nitrogens with zero attached hydrogens (tertiary/aromatic N) is 2. The lowest BCUT2D eigenvalue weighted by molar-refractivity contribution is -0.145. The van der Waals surface area contributed by atoms with Gasteiger partial charge in [-0.15, -0.1) is 0 Å². The molecule has 0 unspecified atom stereocenters. The molecule has 0 N–H and O–H groups in total. The third-order valence-corrected chi connectivity index (χ3v) is 3.16. The molecule has 1 aliphatic rings. The lowest BCUT2D eigenvalue weighted by atomic mass is 9.79. The Bertz CT molecular complexity index is 686. The highest BCUT2D eigenvalue weighted by Gasteiger charge is 2.34. The maximum Gasteiger partial charge on any atom is 0.638 e. The first-order valence-electron chi connectivity index (χ1n) is 6.54. The summed E-state index contributed by atoms with van der Waals surface area (Å²) < 4.78 is 10.4. The van der Waals surface area contributed by atoms with Crippen LogP contribution < -0.4 is 5.46 Å². The minimum Gasteiger partial charge on any atom is -0.494 e. The van der Waals surface area contributed by atoms with Gasteiger partial charge in [0.05, 0.1) is 18.6 Å². The second-order valence-corrected chi connectivity index (χ2v) is 4.95. The van der Waals surface area contributed by atoms with Crippen molar-refractivity contribution in [3.63, 3.8) is 0 Å². The van der Waals surface area contributed by atoms with Crippen molar-refractivity contribution in [1.82, 2.24) is 9.88 Å². The largest absolute Gasteiger partial charge is 0.638 e. The summed E-state index contributed by atoms with van der Waals surface area (Å²) in [5.41, 5.74) is 1.37. The second-order valence-electron chi connectivity index (χ2n) is 4.95. The van der Waals surface area contributed by atoms with E-state index in [0.29, 0.717) is 5.46 Å². The Morgan fingerprint density at radius 1 is 1.14 bits per heavy atom. The van der Waals surface area contributed by atoms with Crippen molar-refractivity contribution in [3.05, 3.63) is 36.5 Å². The first-order valence-corrected chi connectivity index (χ1v) is 6.54. The molecule has 0 bridgehead atoms. The normalized spacial score (nSPS) is 17.1. The third-order valence-electron chi connectivity index (χ3n) is 3.16. The number of pyridine rings is 1. The summed E-state index contributed by atoms with van der Waals surface area (Å²) in [4.78, 5) is 29.3. The van der Waals surface area contributed by atoms with E-state index in [1.54, 1.807) is 24.2 Å². The molecule has 0 saturated carbocycles. The highest BCUT2D eigenvalue weighted by molar-refractivity contribution is 6.64. The van der Waals surface area contributed by atoms with Gasteiger partial charge in [-0.1, -0.05) is 18.2 Å². The molecule has 1 saturated heterocycles. The Kier molecular flexibility index (Phi) is 3.58. The van der Waals surface area contributed by atoms with Crippen LogP contribution in [0, 0.1) is 0 Å². The topological polar surface area (TPSA) is 68.7 Å². The predicted octanol–water partition coefficient (Wildman–Crippen LogP) is -0.0382. The molecule has 3 rings (SSSR count). The quantitative estimate of drug-likeness (QED) is 0.685. The lowest BCUT2D eigenvalue weighted by Crippen LogP contribution is -2.47. The van der Waals surface area contributed by atoms with Crippen molar-refractivity contribution < 1.29 is 18.9 Å². The highest BCUT2D eigenvalue weighted by atomic mass is 16.6. The zero-order chi connectivity index (χ0) is 14.8.